The molecule has 3 heteroatoms. The van der Waals surface area contributed by atoms with Crippen molar-refractivity contribution in [2.45, 2.75) is 26.7 Å². The van der Waals surface area contributed by atoms with E-state index in [1.807, 2.05) is 37.3 Å². The molecule has 3 N–H and O–H groups in total. The molecular formula is C41H39N3. The van der Waals surface area contributed by atoms with E-state index >= 15 is 0 Å². The maximum absolute atomic E-state index is 7.18. The van der Waals surface area contributed by atoms with Crippen LogP contribution < -0.4 is 5.73 Å². The zero-order valence-corrected chi connectivity index (χ0v) is 25.5. The molecule has 1 aromatic heterocycles. The number of fused-ring (bicyclic) bond motifs is 5. The zero-order valence-electron chi connectivity index (χ0n) is 25.5. The van der Waals surface area contributed by atoms with Crippen molar-refractivity contribution in [1.29, 1.82) is 5.41 Å². The molecule has 0 aliphatic rings. The molecule has 218 valence electrons. The van der Waals surface area contributed by atoms with Crippen molar-refractivity contribution >= 4 is 49.9 Å². The first-order valence-electron chi connectivity index (χ1n) is 15.0. The number of hydrogen-bond acceptors (Lipinski definition) is 2. The summed E-state index contributed by atoms with van der Waals surface area (Å²) in [5.41, 5.74) is 15.0. The molecule has 4 aromatic carbocycles. The van der Waals surface area contributed by atoms with Crippen LogP contribution in [0.15, 0.2) is 152 Å². The minimum Gasteiger partial charge on any atom is -0.402 e. The SMILES string of the molecule is C=C/C(=C\C/C(N)=C/C=C\C)c1ccc2c(ccc3c4ccc(C(/C=C/C/C=C\C=N)=C/C)cc4n(-c4ccccc4)c23)c1. The van der Waals surface area contributed by atoms with Crippen LogP contribution >= 0.6 is 0 Å². The second kappa shape index (κ2) is 14.2. The van der Waals surface area contributed by atoms with Crippen LogP contribution in [-0.2, 0) is 0 Å². The van der Waals surface area contributed by atoms with Crippen LogP contribution in [0.2, 0.25) is 0 Å². The van der Waals surface area contributed by atoms with Gasteiger partial charge in [0.15, 0.2) is 0 Å². The summed E-state index contributed by atoms with van der Waals surface area (Å²) in [6.07, 6.45) is 22.9. The molecule has 3 nitrogen and oxygen atoms in total. The number of aromatic nitrogens is 1. The molecule has 1 heterocycles. The summed E-state index contributed by atoms with van der Waals surface area (Å²) in [5, 5.41) is 12.0. The van der Waals surface area contributed by atoms with Crippen LogP contribution in [0.4, 0.5) is 0 Å². The van der Waals surface area contributed by atoms with Gasteiger partial charge in [0, 0.05) is 40.2 Å². The Morgan fingerprint density at radius 2 is 1.59 bits per heavy atom. The Morgan fingerprint density at radius 1 is 0.841 bits per heavy atom. The van der Waals surface area contributed by atoms with E-state index in [4.69, 9.17) is 11.1 Å². The summed E-state index contributed by atoms with van der Waals surface area (Å²) >= 11 is 0. The molecule has 0 saturated carbocycles. The largest absolute Gasteiger partial charge is 0.402 e. The molecule has 0 aliphatic heterocycles. The number of para-hydroxylation sites is 1. The smallest absolute Gasteiger partial charge is 0.0619 e. The van der Waals surface area contributed by atoms with E-state index in [0.717, 1.165) is 28.9 Å². The molecule has 44 heavy (non-hydrogen) atoms. The van der Waals surface area contributed by atoms with Crippen LogP contribution in [-0.4, -0.2) is 10.8 Å². The van der Waals surface area contributed by atoms with E-state index in [2.05, 4.69) is 121 Å². The summed E-state index contributed by atoms with van der Waals surface area (Å²) in [4.78, 5) is 0. The monoisotopic (exact) mass is 573 g/mol. The first-order valence-corrected chi connectivity index (χ1v) is 15.0. The van der Waals surface area contributed by atoms with E-state index in [1.165, 1.54) is 49.9 Å². The van der Waals surface area contributed by atoms with Gasteiger partial charge in [0.25, 0.3) is 0 Å². The third kappa shape index (κ3) is 6.33. The highest BCUT2D eigenvalue weighted by Crippen LogP contribution is 2.38. The molecule has 0 unspecified atom stereocenters. The third-order valence-corrected chi connectivity index (χ3v) is 7.82. The Kier molecular flexibility index (Phi) is 9.68. The highest BCUT2D eigenvalue weighted by atomic mass is 15.0. The summed E-state index contributed by atoms with van der Waals surface area (Å²) in [6, 6.07) is 28.5. The first-order chi connectivity index (χ1) is 21.6. The number of benzene rings is 4. The predicted octanol–water partition coefficient (Wildman–Crippen LogP) is 10.9. The van der Waals surface area contributed by atoms with Gasteiger partial charge in [-0.3, -0.25) is 0 Å². The molecule has 0 spiro atoms. The van der Waals surface area contributed by atoms with Crippen LogP contribution in [0.5, 0.6) is 0 Å². The fourth-order valence-corrected chi connectivity index (χ4v) is 5.65. The van der Waals surface area contributed by atoms with Crippen molar-refractivity contribution in [1.82, 2.24) is 4.57 Å². The number of nitrogens with two attached hydrogens (primary N) is 1. The van der Waals surface area contributed by atoms with Gasteiger partial charge in [-0.05, 0) is 84.3 Å². The first kappa shape index (κ1) is 30.1. The number of rotatable bonds is 11. The van der Waals surface area contributed by atoms with Crippen molar-refractivity contribution in [3.63, 3.8) is 0 Å². The van der Waals surface area contributed by atoms with Crippen molar-refractivity contribution in [2.75, 3.05) is 0 Å². The van der Waals surface area contributed by atoms with E-state index in [1.54, 1.807) is 6.08 Å². The summed E-state index contributed by atoms with van der Waals surface area (Å²) in [6.45, 7) is 8.14. The molecule has 0 atom stereocenters. The van der Waals surface area contributed by atoms with Crippen LogP contribution in [0.3, 0.4) is 0 Å². The number of nitrogens with one attached hydrogen (secondary N) is 1. The topological polar surface area (TPSA) is 54.8 Å². The lowest BCUT2D eigenvalue weighted by atomic mass is 9.98. The second-order valence-electron chi connectivity index (χ2n) is 10.6. The summed E-state index contributed by atoms with van der Waals surface area (Å²) in [7, 11) is 0. The van der Waals surface area contributed by atoms with E-state index in [-0.39, 0.29) is 0 Å². The van der Waals surface area contributed by atoms with Crippen molar-refractivity contribution in [2.24, 2.45) is 5.73 Å². The maximum atomic E-state index is 7.18. The van der Waals surface area contributed by atoms with Crippen LogP contribution in [0.1, 0.15) is 37.8 Å². The molecule has 0 radical (unpaired) electrons. The standard InChI is InChI=1S/C41H39N3/c1-4-7-16-35(43)23-19-31(6-3)32-20-24-37-34(28-32)22-26-39-38-25-21-33(30(5-2)15-11-8-9-14-27-42)29-40(38)44(41(37)39)36-17-12-10-13-18-36/h4-7,9-22,24-29,42H,3,8,23,43H2,1-2H3/b7-4-,14-9-,15-11+,30-5+,31-19+,35-16-,42-27?. The molecule has 5 aromatic rings. The van der Waals surface area contributed by atoms with Gasteiger partial charge in [-0.1, -0.05) is 110 Å². The van der Waals surface area contributed by atoms with Crippen LogP contribution in [0, 0.1) is 5.41 Å². The highest BCUT2D eigenvalue weighted by molar-refractivity contribution is 6.19. The second-order valence-corrected chi connectivity index (χ2v) is 10.6. The minimum absolute atomic E-state index is 0.664. The number of hydrogen-bond donors (Lipinski definition) is 2. The molecule has 0 aliphatic carbocycles. The lowest BCUT2D eigenvalue weighted by Gasteiger charge is -2.12. The van der Waals surface area contributed by atoms with Gasteiger partial charge < -0.3 is 15.7 Å². The minimum atomic E-state index is 0.664. The quantitative estimate of drug-likeness (QED) is 0.120. The highest BCUT2D eigenvalue weighted by Gasteiger charge is 2.16. The van der Waals surface area contributed by atoms with Crippen molar-refractivity contribution < 1.29 is 0 Å². The van der Waals surface area contributed by atoms with Gasteiger partial charge in [-0.15, -0.1) is 0 Å². The third-order valence-electron chi connectivity index (χ3n) is 7.82. The average molecular weight is 574 g/mol. The van der Waals surface area contributed by atoms with Gasteiger partial charge in [-0.25, -0.2) is 0 Å². The van der Waals surface area contributed by atoms with Gasteiger partial charge in [0.1, 0.15) is 0 Å². The lowest BCUT2D eigenvalue weighted by Crippen LogP contribution is -1.95. The van der Waals surface area contributed by atoms with E-state index in [9.17, 15) is 0 Å². The molecule has 0 bridgehead atoms. The van der Waals surface area contributed by atoms with E-state index in [0.29, 0.717) is 6.42 Å². The van der Waals surface area contributed by atoms with E-state index < -0.39 is 0 Å². The Balaban J connectivity index is 1.67. The summed E-state index contributed by atoms with van der Waals surface area (Å²) < 4.78 is 2.40. The van der Waals surface area contributed by atoms with Gasteiger partial charge in [0.05, 0.1) is 11.0 Å². The normalized spacial score (nSPS) is 13.4. The van der Waals surface area contributed by atoms with Crippen LogP contribution in [0.25, 0.3) is 49.4 Å². The maximum Gasteiger partial charge on any atom is 0.0619 e. The molecule has 5 rings (SSSR count). The van der Waals surface area contributed by atoms with Gasteiger partial charge in [-0.2, -0.15) is 0 Å². The predicted molar refractivity (Wildman–Crippen MR) is 193 cm³/mol. The lowest BCUT2D eigenvalue weighted by molar-refractivity contribution is 1.17. The molecule has 0 saturated heterocycles. The molecule has 0 amide bonds. The number of nitrogens with zero attached hydrogens (tertiary/aromatic N) is 1. The molecule has 0 fully saturated rings. The average Bonchev–Trinajstić information content (AvgIpc) is 3.40. The fourth-order valence-electron chi connectivity index (χ4n) is 5.65. The van der Waals surface area contributed by atoms with Gasteiger partial charge >= 0.3 is 0 Å². The Hall–Kier alpha value is -5.41. The number of allylic oxidation sites excluding steroid dienone is 12. The Labute approximate surface area is 260 Å². The molecular weight excluding hydrogens is 534 g/mol. The van der Waals surface area contributed by atoms with Crippen molar-refractivity contribution in [3.8, 4) is 5.69 Å². The zero-order chi connectivity index (χ0) is 30.9. The van der Waals surface area contributed by atoms with Crippen molar-refractivity contribution in [3.05, 3.63) is 163 Å². The Bertz CT molecular complexity index is 2010. The van der Waals surface area contributed by atoms with Gasteiger partial charge in [0.2, 0.25) is 0 Å². The fraction of sp³-hybridized carbons (Fsp3) is 0.0976. The Morgan fingerprint density at radius 3 is 2.32 bits per heavy atom. The summed E-state index contributed by atoms with van der Waals surface area (Å²) in [5.74, 6) is 0.